The van der Waals surface area contributed by atoms with Crippen molar-refractivity contribution in [1.82, 2.24) is 5.32 Å². The Hall–Kier alpha value is -1.13. The topological polar surface area (TPSA) is 30.5 Å². The molecule has 1 N–H and O–H groups in total. The van der Waals surface area contributed by atoms with Crippen molar-refractivity contribution in [2.24, 2.45) is 0 Å². The van der Waals surface area contributed by atoms with Crippen LogP contribution in [0, 0.1) is 5.82 Å². The van der Waals surface area contributed by atoms with Crippen LogP contribution in [0.4, 0.5) is 4.39 Å². The summed E-state index contributed by atoms with van der Waals surface area (Å²) in [5.74, 6) is -0.0941. The summed E-state index contributed by atoms with van der Waals surface area (Å²) in [6.45, 7) is 6.93. The van der Waals surface area contributed by atoms with Crippen LogP contribution < -0.4 is 10.1 Å². The fourth-order valence-corrected chi connectivity index (χ4v) is 2.03. The number of rotatable bonds is 7. The summed E-state index contributed by atoms with van der Waals surface area (Å²) in [7, 11) is 3.13. The molecule has 0 saturated heterocycles. The molecule has 1 atom stereocenters. The van der Waals surface area contributed by atoms with Gasteiger partial charge in [-0.15, -0.1) is 0 Å². The SMILES string of the molecule is CCCNC(c1ccc(OC)c(F)c1)C(C)(C)OC. The molecular weight excluding hydrogens is 245 g/mol. The minimum Gasteiger partial charge on any atom is -0.494 e. The van der Waals surface area contributed by atoms with Gasteiger partial charge in [0.1, 0.15) is 0 Å². The average Bonchev–Trinajstić information content (AvgIpc) is 2.39. The molecule has 1 aromatic rings. The Labute approximate surface area is 115 Å². The highest BCUT2D eigenvalue weighted by molar-refractivity contribution is 5.32. The second-order valence-corrected chi connectivity index (χ2v) is 5.09. The van der Waals surface area contributed by atoms with Gasteiger partial charge in [0.05, 0.1) is 18.8 Å². The van der Waals surface area contributed by atoms with Crippen molar-refractivity contribution < 1.29 is 13.9 Å². The summed E-state index contributed by atoms with van der Waals surface area (Å²) >= 11 is 0. The third kappa shape index (κ3) is 3.91. The molecule has 0 heterocycles. The van der Waals surface area contributed by atoms with Crippen molar-refractivity contribution in [3.63, 3.8) is 0 Å². The lowest BCUT2D eigenvalue weighted by Gasteiger charge is -2.34. The number of hydrogen-bond acceptors (Lipinski definition) is 3. The lowest BCUT2D eigenvalue weighted by Crippen LogP contribution is -2.41. The summed E-state index contributed by atoms with van der Waals surface area (Å²) in [5.41, 5.74) is 0.439. The first-order valence-electron chi connectivity index (χ1n) is 6.58. The summed E-state index contributed by atoms with van der Waals surface area (Å²) in [6.07, 6.45) is 1.01. The molecule has 0 bridgehead atoms. The first-order valence-corrected chi connectivity index (χ1v) is 6.58. The number of hydrogen-bond donors (Lipinski definition) is 1. The second kappa shape index (κ2) is 6.87. The maximum atomic E-state index is 13.8. The van der Waals surface area contributed by atoms with Gasteiger partial charge in [-0.1, -0.05) is 13.0 Å². The number of benzene rings is 1. The van der Waals surface area contributed by atoms with Crippen LogP contribution in [0.2, 0.25) is 0 Å². The van der Waals surface area contributed by atoms with Gasteiger partial charge in [0.2, 0.25) is 0 Å². The van der Waals surface area contributed by atoms with Gasteiger partial charge in [-0.2, -0.15) is 0 Å². The predicted octanol–water partition coefficient (Wildman–Crippen LogP) is 3.30. The summed E-state index contributed by atoms with van der Waals surface area (Å²) in [6, 6.07) is 4.96. The number of halogens is 1. The molecule has 0 aliphatic carbocycles. The molecule has 0 amide bonds. The van der Waals surface area contributed by atoms with Gasteiger partial charge < -0.3 is 14.8 Å². The quantitative estimate of drug-likeness (QED) is 0.824. The standard InChI is InChI=1S/C15H24FNO2/c1-6-9-17-14(15(2,3)19-5)11-7-8-13(18-4)12(16)10-11/h7-8,10,14,17H,6,9H2,1-5H3. The Morgan fingerprint density at radius 2 is 2.00 bits per heavy atom. The molecule has 0 fully saturated rings. The molecule has 0 spiro atoms. The molecule has 1 rings (SSSR count). The van der Waals surface area contributed by atoms with Gasteiger partial charge in [-0.05, 0) is 44.5 Å². The van der Waals surface area contributed by atoms with Gasteiger partial charge in [0.25, 0.3) is 0 Å². The highest BCUT2D eigenvalue weighted by atomic mass is 19.1. The van der Waals surface area contributed by atoms with Crippen LogP contribution >= 0.6 is 0 Å². The fourth-order valence-electron chi connectivity index (χ4n) is 2.03. The van der Waals surface area contributed by atoms with Crippen LogP contribution in [0.5, 0.6) is 5.75 Å². The molecule has 3 nitrogen and oxygen atoms in total. The van der Waals surface area contributed by atoms with Crippen molar-refractivity contribution in [3.05, 3.63) is 29.6 Å². The van der Waals surface area contributed by atoms with Gasteiger partial charge in [0, 0.05) is 7.11 Å². The van der Waals surface area contributed by atoms with E-state index in [0.29, 0.717) is 0 Å². The van der Waals surface area contributed by atoms with E-state index < -0.39 is 5.60 Å². The smallest absolute Gasteiger partial charge is 0.165 e. The molecule has 0 aliphatic rings. The zero-order chi connectivity index (χ0) is 14.5. The molecule has 4 heteroatoms. The molecule has 108 valence electrons. The zero-order valence-electron chi connectivity index (χ0n) is 12.4. The molecule has 19 heavy (non-hydrogen) atoms. The third-order valence-electron chi connectivity index (χ3n) is 3.33. The van der Waals surface area contributed by atoms with E-state index in [1.807, 2.05) is 19.9 Å². The normalized spacial score (nSPS) is 13.4. The summed E-state index contributed by atoms with van der Waals surface area (Å²) in [4.78, 5) is 0. The maximum Gasteiger partial charge on any atom is 0.165 e. The van der Waals surface area contributed by atoms with Gasteiger partial charge in [-0.3, -0.25) is 0 Å². The Kier molecular flexibility index (Phi) is 5.76. The third-order valence-corrected chi connectivity index (χ3v) is 3.33. The fraction of sp³-hybridized carbons (Fsp3) is 0.600. The predicted molar refractivity (Wildman–Crippen MR) is 75.1 cm³/mol. The molecule has 0 aliphatic heterocycles. The second-order valence-electron chi connectivity index (χ2n) is 5.09. The molecular formula is C15H24FNO2. The summed E-state index contributed by atoms with van der Waals surface area (Å²) < 4.78 is 24.3. The van der Waals surface area contributed by atoms with E-state index in [2.05, 4.69) is 12.2 Å². The zero-order valence-corrected chi connectivity index (χ0v) is 12.4. The first-order chi connectivity index (χ1) is 8.96. The monoisotopic (exact) mass is 269 g/mol. The molecule has 1 unspecified atom stereocenters. The van der Waals surface area contributed by atoms with E-state index >= 15 is 0 Å². The van der Waals surface area contributed by atoms with Crippen LogP contribution in [-0.4, -0.2) is 26.4 Å². The first kappa shape index (κ1) is 15.9. The van der Waals surface area contributed by atoms with Crippen molar-refractivity contribution in [1.29, 1.82) is 0 Å². The molecule has 1 aromatic carbocycles. The lowest BCUT2D eigenvalue weighted by molar-refractivity contribution is -0.0111. The van der Waals surface area contributed by atoms with E-state index in [0.717, 1.165) is 18.5 Å². The van der Waals surface area contributed by atoms with Crippen LogP contribution in [0.3, 0.4) is 0 Å². The van der Waals surface area contributed by atoms with Crippen molar-refractivity contribution in [2.75, 3.05) is 20.8 Å². The minimum atomic E-state index is -0.420. The average molecular weight is 269 g/mol. The van der Waals surface area contributed by atoms with Crippen molar-refractivity contribution in [2.45, 2.75) is 38.8 Å². The largest absolute Gasteiger partial charge is 0.494 e. The van der Waals surface area contributed by atoms with Gasteiger partial charge in [-0.25, -0.2) is 4.39 Å². The Bertz CT molecular complexity index is 407. The Morgan fingerprint density at radius 1 is 1.32 bits per heavy atom. The lowest BCUT2D eigenvalue weighted by atomic mass is 9.91. The molecule has 0 saturated carbocycles. The van der Waals surface area contributed by atoms with E-state index in [1.54, 1.807) is 13.2 Å². The highest BCUT2D eigenvalue weighted by Crippen LogP contribution is 2.30. The minimum absolute atomic E-state index is 0.0714. The Morgan fingerprint density at radius 3 is 2.47 bits per heavy atom. The van der Waals surface area contributed by atoms with Crippen LogP contribution in [-0.2, 0) is 4.74 Å². The van der Waals surface area contributed by atoms with Crippen molar-refractivity contribution in [3.8, 4) is 5.75 Å². The van der Waals surface area contributed by atoms with Gasteiger partial charge in [0.15, 0.2) is 11.6 Å². The van der Waals surface area contributed by atoms with Crippen LogP contribution in [0.15, 0.2) is 18.2 Å². The Balaban J connectivity index is 3.06. The van der Waals surface area contributed by atoms with E-state index in [-0.39, 0.29) is 17.6 Å². The van der Waals surface area contributed by atoms with E-state index in [1.165, 1.54) is 13.2 Å². The number of methoxy groups -OCH3 is 2. The molecule has 0 radical (unpaired) electrons. The van der Waals surface area contributed by atoms with E-state index in [9.17, 15) is 4.39 Å². The number of ether oxygens (including phenoxy) is 2. The van der Waals surface area contributed by atoms with Gasteiger partial charge >= 0.3 is 0 Å². The van der Waals surface area contributed by atoms with Crippen molar-refractivity contribution >= 4 is 0 Å². The maximum absolute atomic E-state index is 13.8. The number of nitrogens with one attached hydrogen (secondary N) is 1. The molecule has 0 aromatic heterocycles. The summed E-state index contributed by atoms with van der Waals surface area (Å²) in [5, 5.41) is 3.41. The van der Waals surface area contributed by atoms with Crippen LogP contribution in [0.1, 0.15) is 38.8 Å². The van der Waals surface area contributed by atoms with E-state index in [4.69, 9.17) is 9.47 Å². The highest BCUT2D eigenvalue weighted by Gasteiger charge is 2.30. The van der Waals surface area contributed by atoms with Crippen LogP contribution in [0.25, 0.3) is 0 Å².